The van der Waals surface area contributed by atoms with Crippen LogP contribution in [0.3, 0.4) is 0 Å². The van der Waals surface area contributed by atoms with Crippen LogP contribution in [-0.4, -0.2) is 29.9 Å². The molecule has 0 aliphatic heterocycles. The SMILES string of the molecule is CN(C)C(=O)/C=C/c1ccc2ccc(Cl)cc2n1. The van der Waals surface area contributed by atoms with Gasteiger partial charge in [0, 0.05) is 30.6 Å². The molecule has 0 spiro atoms. The zero-order chi connectivity index (χ0) is 13.1. The van der Waals surface area contributed by atoms with Crippen LogP contribution in [0.1, 0.15) is 5.69 Å². The monoisotopic (exact) mass is 260 g/mol. The normalized spacial score (nSPS) is 11.1. The van der Waals surface area contributed by atoms with Crippen LogP contribution in [0.4, 0.5) is 0 Å². The number of benzene rings is 1. The maximum absolute atomic E-state index is 11.4. The Hall–Kier alpha value is -1.87. The Morgan fingerprint density at radius 3 is 2.72 bits per heavy atom. The molecule has 4 heteroatoms. The first-order valence-corrected chi connectivity index (χ1v) is 5.90. The third kappa shape index (κ3) is 2.87. The number of hydrogen-bond acceptors (Lipinski definition) is 2. The zero-order valence-electron chi connectivity index (χ0n) is 10.2. The lowest BCUT2D eigenvalue weighted by Crippen LogP contribution is -2.18. The predicted octanol–water partition coefficient (Wildman–Crippen LogP) is 2.99. The maximum Gasteiger partial charge on any atom is 0.246 e. The summed E-state index contributed by atoms with van der Waals surface area (Å²) in [6, 6.07) is 9.38. The van der Waals surface area contributed by atoms with Gasteiger partial charge in [0.2, 0.25) is 5.91 Å². The second-order valence-corrected chi connectivity index (χ2v) is 4.58. The highest BCUT2D eigenvalue weighted by atomic mass is 35.5. The highest BCUT2D eigenvalue weighted by molar-refractivity contribution is 6.31. The van der Waals surface area contributed by atoms with Gasteiger partial charge in [0.25, 0.3) is 0 Å². The van der Waals surface area contributed by atoms with Gasteiger partial charge in [0.15, 0.2) is 0 Å². The largest absolute Gasteiger partial charge is 0.345 e. The summed E-state index contributed by atoms with van der Waals surface area (Å²) in [5.74, 6) is -0.0667. The first-order chi connectivity index (χ1) is 8.56. The minimum Gasteiger partial charge on any atom is -0.345 e. The molecule has 0 fully saturated rings. The average molecular weight is 261 g/mol. The summed E-state index contributed by atoms with van der Waals surface area (Å²) < 4.78 is 0. The van der Waals surface area contributed by atoms with Crippen LogP contribution in [0.25, 0.3) is 17.0 Å². The Morgan fingerprint density at radius 2 is 2.00 bits per heavy atom. The molecule has 0 aliphatic carbocycles. The van der Waals surface area contributed by atoms with E-state index in [0.717, 1.165) is 16.6 Å². The highest BCUT2D eigenvalue weighted by Gasteiger charge is 1.99. The Morgan fingerprint density at radius 1 is 1.28 bits per heavy atom. The molecule has 3 nitrogen and oxygen atoms in total. The minimum atomic E-state index is -0.0667. The van der Waals surface area contributed by atoms with Gasteiger partial charge in [-0.15, -0.1) is 0 Å². The van der Waals surface area contributed by atoms with Crippen LogP contribution in [0.2, 0.25) is 5.02 Å². The summed E-state index contributed by atoms with van der Waals surface area (Å²) in [6.07, 6.45) is 3.20. The van der Waals surface area contributed by atoms with Crippen LogP contribution in [-0.2, 0) is 4.79 Å². The number of amides is 1. The smallest absolute Gasteiger partial charge is 0.246 e. The molecule has 1 aromatic heterocycles. The molecular weight excluding hydrogens is 248 g/mol. The van der Waals surface area contributed by atoms with Gasteiger partial charge >= 0.3 is 0 Å². The molecular formula is C14H13ClN2O. The summed E-state index contributed by atoms with van der Waals surface area (Å²) in [4.78, 5) is 17.4. The number of hydrogen-bond donors (Lipinski definition) is 0. The van der Waals surface area contributed by atoms with Crippen molar-refractivity contribution < 1.29 is 4.79 Å². The fraction of sp³-hybridized carbons (Fsp3) is 0.143. The van der Waals surface area contributed by atoms with E-state index in [4.69, 9.17) is 11.6 Å². The molecule has 1 amide bonds. The Labute approximate surface area is 111 Å². The number of fused-ring (bicyclic) bond motifs is 1. The van der Waals surface area contributed by atoms with E-state index in [2.05, 4.69) is 4.98 Å². The number of pyridine rings is 1. The van der Waals surface area contributed by atoms with E-state index < -0.39 is 0 Å². The van der Waals surface area contributed by atoms with E-state index in [0.29, 0.717) is 5.02 Å². The minimum absolute atomic E-state index is 0.0667. The van der Waals surface area contributed by atoms with Gasteiger partial charge in [0.1, 0.15) is 0 Å². The van der Waals surface area contributed by atoms with Gasteiger partial charge in [-0.25, -0.2) is 4.98 Å². The quantitative estimate of drug-likeness (QED) is 0.778. The van der Waals surface area contributed by atoms with Crippen molar-refractivity contribution in [3.8, 4) is 0 Å². The van der Waals surface area contributed by atoms with Crippen molar-refractivity contribution in [2.24, 2.45) is 0 Å². The van der Waals surface area contributed by atoms with Crippen molar-refractivity contribution in [3.63, 3.8) is 0 Å². The van der Waals surface area contributed by atoms with Crippen LogP contribution in [0.5, 0.6) is 0 Å². The highest BCUT2D eigenvalue weighted by Crippen LogP contribution is 2.18. The molecule has 0 saturated heterocycles. The molecule has 0 atom stereocenters. The molecule has 18 heavy (non-hydrogen) atoms. The van der Waals surface area contributed by atoms with Gasteiger partial charge in [-0.2, -0.15) is 0 Å². The van der Waals surface area contributed by atoms with Crippen molar-refractivity contribution in [1.29, 1.82) is 0 Å². The first kappa shape index (κ1) is 12.6. The molecule has 1 aromatic carbocycles. The van der Waals surface area contributed by atoms with Crippen LogP contribution in [0.15, 0.2) is 36.4 Å². The Kier molecular flexibility index (Phi) is 3.63. The molecule has 2 aromatic rings. The number of rotatable bonds is 2. The van der Waals surface area contributed by atoms with Crippen molar-refractivity contribution in [3.05, 3.63) is 47.1 Å². The summed E-state index contributed by atoms with van der Waals surface area (Å²) in [5.41, 5.74) is 1.56. The van der Waals surface area contributed by atoms with Gasteiger partial charge < -0.3 is 4.90 Å². The second kappa shape index (κ2) is 5.19. The van der Waals surface area contributed by atoms with Gasteiger partial charge in [-0.05, 0) is 24.3 Å². The summed E-state index contributed by atoms with van der Waals surface area (Å²) >= 11 is 5.92. The lowest BCUT2D eigenvalue weighted by atomic mass is 10.2. The molecule has 92 valence electrons. The summed E-state index contributed by atoms with van der Waals surface area (Å²) in [7, 11) is 3.42. The summed E-state index contributed by atoms with van der Waals surface area (Å²) in [6.45, 7) is 0. The molecule has 0 aliphatic rings. The molecule has 0 saturated carbocycles. The number of halogens is 1. The van der Waals surface area contributed by atoms with Crippen LogP contribution in [0, 0.1) is 0 Å². The van der Waals surface area contributed by atoms with Gasteiger partial charge in [-0.3, -0.25) is 4.79 Å². The standard InChI is InChI=1S/C14H13ClN2O/c1-17(2)14(18)8-7-12-6-4-10-3-5-11(15)9-13(10)16-12/h3-9H,1-2H3/b8-7+. The first-order valence-electron chi connectivity index (χ1n) is 5.52. The number of aromatic nitrogens is 1. The second-order valence-electron chi connectivity index (χ2n) is 4.14. The van der Waals surface area contributed by atoms with Crippen molar-refractivity contribution in [2.75, 3.05) is 14.1 Å². The van der Waals surface area contributed by atoms with Gasteiger partial charge in [-0.1, -0.05) is 23.7 Å². The van der Waals surface area contributed by atoms with E-state index in [1.807, 2.05) is 30.3 Å². The fourth-order valence-corrected chi connectivity index (χ4v) is 1.67. The molecule has 0 N–H and O–H groups in total. The number of carbonyl (C=O) groups is 1. The average Bonchev–Trinajstić information content (AvgIpc) is 2.35. The van der Waals surface area contributed by atoms with E-state index in [-0.39, 0.29) is 5.91 Å². The Bertz CT molecular complexity index is 620. The molecule has 2 rings (SSSR count). The molecule has 0 bridgehead atoms. The van der Waals surface area contributed by atoms with Crippen molar-refractivity contribution >= 4 is 34.5 Å². The number of nitrogens with zero attached hydrogens (tertiary/aromatic N) is 2. The third-order valence-corrected chi connectivity index (χ3v) is 2.75. The third-order valence-electron chi connectivity index (χ3n) is 2.51. The Balaban J connectivity index is 2.32. The van der Waals surface area contributed by atoms with E-state index in [9.17, 15) is 4.79 Å². The van der Waals surface area contributed by atoms with Crippen molar-refractivity contribution in [2.45, 2.75) is 0 Å². The molecule has 0 unspecified atom stereocenters. The van der Waals surface area contributed by atoms with Crippen LogP contribution < -0.4 is 0 Å². The molecule has 0 radical (unpaired) electrons. The topological polar surface area (TPSA) is 33.2 Å². The van der Waals surface area contributed by atoms with Gasteiger partial charge in [0.05, 0.1) is 11.2 Å². The van der Waals surface area contributed by atoms with Crippen LogP contribution >= 0.6 is 11.6 Å². The summed E-state index contributed by atoms with van der Waals surface area (Å²) in [5, 5.41) is 1.68. The van der Waals surface area contributed by atoms with E-state index >= 15 is 0 Å². The zero-order valence-corrected chi connectivity index (χ0v) is 11.0. The number of carbonyl (C=O) groups excluding carboxylic acids is 1. The number of likely N-dealkylation sites (N-methyl/N-ethyl adjacent to an activating group) is 1. The lowest BCUT2D eigenvalue weighted by Gasteiger charge is -2.05. The maximum atomic E-state index is 11.4. The lowest BCUT2D eigenvalue weighted by molar-refractivity contribution is -0.123. The predicted molar refractivity (Wildman–Crippen MR) is 74.5 cm³/mol. The van der Waals surface area contributed by atoms with E-state index in [1.165, 1.54) is 11.0 Å². The molecule has 1 heterocycles. The fourth-order valence-electron chi connectivity index (χ4n) is 1.50. The van der Waals surface area contributed by atoms with E-state index in [1.54, 1.807) is 20.2 Å². The van der Waals surface area contributed by atoms with Crippen molar-refractivity contribution in [1.82, 2.24) is 9.88 Å².